The Kier molecular flexibility index (Phi) is 5.19. The molecule has 0 fully saturated rings. The van der Waals surface area contributed by atoms with Crippen LogP contribution in [0, 0.1) is 13.8 Å². The molecule has 2 heterocycles. The number of hydrogen-bond donors (Lipinski definition) is 0. The van der Waals surface area contributed by atoms with Crippen LogP contribution in [0.5, 0.6) is 0 Å². The number of halogens is 1. The summed E-state index contributed by atoms with van der Waals surface area (Å²) < 4.78 is 7.05. The maximum absolute atomic E-state index is 12.5. The van der Waals surface area contributed by atoms with E-state index < -0.39 is 5.97 Å². The first kappa shape index (κ1) is 17.9. The van der Waals surface area contributed by atoms with Crippen LogP contribution in [0.4, 0.5) is 0 Å². The van der Waals surface area contributed by atoms with E-state index in [1.807, 2.05) is 30.5 Å². The molecule has 0 radical (unpaired) electrons. The summed E-state index contributed by atoms with van der Waals surface area (Å²) in [6.07, 6.45) is 1.50. The number of aromatic nitrogens is 2. The van der Waals surface area contributed by atoms with Crippen molar-refractivity contribution in [1.29, 1.82) is 0 Å². The lowest BCUT2D eigenvalue weighted by Crippen LogP contribution is -2.15. The highest BCUT2D eigenvalue weighted by Gasteiger charge is 2.19. The fourth-order valence-corrected chi connectivity index (χ4v) is 2.92. The van der Waals surface area contributed by atoms with Gasteiger partial charge in [0, 0.05) is 33.9 Å². The standard InChI is InChI=1S/C20H17ClN2O3/c1-13-11-17(14(2)23(13)16-8-6-15(21)7-9-16)19(24)12-26-20(25)18-5-3-4-10-22-18/h3-11H,12H2,1-2H3. The highest BCUT2D eigenvalue weighted by Crippen LogP contribution is 2.22. The van der Waals surface area contributed by atoms with Gasteiger partial charge in [-0.1, -0.05) is 17.7 Å². The molecule has 3 aromatic rings. The molecule has 26 heavy (non-hydrogen) atoms. The number of rotatable bonds is 5. The van der Waals surface area contributed by atoms with Crippen LogP contribution in [0.2, 0.25) is 5.02 Å². The second-order valence-electron chi connectivity index (χ2n) is 5.81. The highest BCUT2D eigenvalue weighted by atomic mass is 35.5. The number of Topliss-reactive ketones (excluding diaryl/α,β-unsaturated/α-hetero) is 1. The van der Waals surface area contributed by atoms with Crippen LogP contribution >= 0.6 is 11.6 Å². The van der Waals surface area contributed by atoms with Crippen molar-refractivity contribution in [2.45, 2.75) is 13.8 Å². The van der Waals surface area contributed by atoms with Crippen LogP contribution in [-0.2, 0) is 4.74 Å². The van der Waals surface area contributed by atoms with Gasteiger partial charge in [-0.2, -0.15) is 0 Å². The molecule has 5 nitrogen and oxygen atoms in total. The Morgan fingerprint density at radius 1 is 1.12 bits per heavy atom. The van der Waals surface area contributed by atoms with Crippen molar-refractivity contribution in [1.82, 2.24) is 9.55 Å². The number of carbonyl (C=O) groups excluding carboxylic acids is 2. The molecule has 6 heteroatoms. The van der Waals surface area contributed by atoms with Gasteiger partial charge in [0.15, 0.2) is 6.61 Å². The van der Waals surface area contributed by atoms with E-state index in [-0.39, 0.29) is 18.1 Å². The maximum atomic E-state index is 12.5. The number of hydrogen-bond acceptors (Lipinski definition) is 4. The predicted octanol–water partition coefficient (Wildman–Crippen LogP) is 4.18. The minimum absolute atomic E-state index is 0.173. The summed E-state index contributed by atoms with van der Waals surface area (Å²) in [5.41, 5.74) is 3.29. The van der Waals surface area contributed by atoms with Gasteiger partial charge in [-0.25, -0.2) is 9.78 Å². The lowest BCUT2D eigenvalue weighted by molar-refractivity contribution is 0.0468. The SMILES string of the molecule is Cc1cc(C(=O)COC(=O)c2ccccn2)c(C)n1-c1ccc(Cl)cc1. The topological polar surface area (TPSA) is 61.2 Å². The highest BCUT2D eigenvalue weighted by molar-refractivity contribution is 6.30. The number of aryl methyl sites for hydroxylation is 1. The smallest absolute Gasteiger partial charge is 0.357 e. The second-order valence-corrected chi connectivity index (χ2v) is 6.25. The van der Waals surface area contributed by atoms with Gasteiger partial charge in [0.2, 0.25) is 5.78 Å². The number of esters is 1. The summed E-state index contributed by atoms with van der Waals surface area (Å²) >= 11 is 5.94. The van der Waals surface area contributed by atoms with Gasteiger partial charge in [-0.15, -0.1) is 0 Å². The van der Waals surface area contributed by atoms with Crippen LogP contribution in [0.25, 0.3) is 5.69 Å². The van der Waals surface area contributed by atoms with E-state index >= 15 is 0 Å². The minimum atomic E-state index is -0.620. The Morgan fingerprint density at radius 2 is 1.85 bits per heavy atom. The summed E-state index contributed by atoms with van der Waals surface area (Å²) in [6, 6.07) is 14.1. The molecular formula is C20H17ClN2O3. The molecule has 3 rings (SSSR count). The second kappa shape index (κ2) is 7.54. The average Bonchev–Trinajstić information content (AvgIpc) is 2.95. The molecule has 0 spiro atoms. The van der Waals surface area contributed by atoms with Gasteiger partial charge in [0.05, 0.1) is 0 Å². The number of nitrogens with zero attached hydrogens (tertiary/aromatic N) is 2. The van der Waals surface area contributed by atoms with E-state index in [0.29, 0.717) is 10.6 Å². The molecule has 0 aliphatic rings. The van der Waals surface area contributed by atoms with Crippen molar-refractivity contribution >= 4 is 23.4 Å². The molecule has 0 N–H and O–H groups in total. The zero-order valence-electron chi connectivity index (χ0n) is 14.4. The average molecular weight is 369 g/mol. The molecule has 0 aliphatic carbocycles. The van der Waals surface area contributed by atoms with Crippen LogP contribution in [0.1, 0.15) is 32.2 Å². The first-order valence-corrected chi connectivity index (χ1v) is 8.41. The van der Waals surface area contributed by atoms with Gasteiger partial charge in [-0.3, -0.25) is 4.79 Å². The van der Waals surface area contributed by atoms with E-state index in [1.165, 1.54) is 6.20 Å². The molecule has 0 unspecified atom stereocenters. The molecule has 0 aliphatic heterocycles. The van der Waals surface area contributed by atoms with E-state index in [2.05, 4.69) is 4.98 Å². The van der Waals surface area contributed by atoms with Crippen molar-refractivity contribution in [2.24, 2.45) is 0 Å². The fourth-order valence-electron chi connectivity index (χ4n) is 2.80. The Bertz CT molecular complexity index is 947. The Morgan fingerprint density at radius 3 is 2.50 bits per heavy atom. The van der Waals surface area contributed by atoms with Crippen molar-refractivity contribution in [3.05, 3.63) is 82.4 Å². The van der Waals surface area contributed by atoms with Crippen molar-refractivity contribution in [3.8, 4) is 5.69 Å². The van der Waals surface area contributed by atoms with Crippen LogP contribution in [0.15, 0.2) is 54.7 Å². The Labute approximate surface area is 156 Å². The molecule has 1 aromatic carbocycles. The lowest BCUT2D eigenvalue weighted by atomic mass is 10.1. The normalized spacial score (nSPS) is 10.6. The molecule has 132 valence electrons. The lowest BCUT2D eigenvalue weighted by Gasteiger charge is -2.10. The van der Waals surface area contributed by atoms with E-state index in [9.17, 15) is 9.59 Å². The number of benzene rings is 1. The molecular weight excluding hydrogens is 352 g/mol. The predicted molar refractivity (Wildman–Crippen MR) is 99.1 cm³/mol. The van der Waals surface area contributed by atoms with Crippen LogP contribution in [-0.4, -0.2) is 27.9 Å². The number of pyridine rings is 1. The van der Waals surface area contributed by atoms with Crippen molar-refractivity contribution < 1.29 is 14.3 Å². The quantitative estimate of drug-likeness (QED) is 0.500. The zero-order valence-corrected chi connectivity index (χ0v) is 15.2. The summed E-state index contributed by atoms with van der Waals surface area (Å²) in [4.78, 5) is 28.4. The third-order valence-electron chi connectivity index (χ3n) is 4.02. The summed E-state index contributed by atoms with van der Waals surface area (Å²) in [6.45, 7) is 3.44. The van der Waals surface area contributed by atoms with E-state index in [4.69, 9.17) is 16.3 Å². The largest absolute Gasteiger partial charge is 0.453 e. The van der Waals surface area contributed by atoms with Gasteiger partial charge in [0.25, 0.3) is 0 Å². The molecule has 2 aromatic heterocycles. The van der Waals surface area contributed by atoms with Crippen molar-refractivity contribution in [3.63, 3.8) is 0 Å². The zero-order chi connectivity index (χ0) is 18.7. The van der Waals surface area contributed by atoms with E-state index in [0.717, 1.165) is 17.1 Å². The number of ether oxygens (including phenoxy) is 1. The van der Waals surface area contributed by atoms with Gasteiger partial charge >= 0.3 is 5.97 Å². The number of ketones is 1. The van der Waals surface area contributed by atoms with Gasteiger partial charge in [0.1, 0.15) is 5.69 Å². The van der Waals surface area contributed by atoms with Gasteiger partial charge in [-0.05, 0) is 56.3 Å². The van der Waals surface area contributed by atoms with Crippen LogP contribution in [0.3, 0.4) is 0 Å². The summed E-state index contributed by atoms with van der Waals surface area (Å²) in [5.74, 6) is -0.881. The Balaban J connectivity index is 1.77. The molecule has 0 amide bonds. The summed E-state index contributed by atoms with van der Waals surface area (Å²) in [5, 5.41) is 0.647. The first-order chi connectivity index (χ1) is 12.5. The first-order valence-electron chi connectivity index (χ1n) is 8.03. The molecule has 0 saturated carbocycles. The van der Waals surface area contributed by atoms with Gasteiger partial charge < -0.3 is 9.30 Å². The number of carbonyl (C=O) groups is 2. The molecule has 0 atom stereocenters. The maximum Gasteiger partial charge on any atom is 0.357 e. The molecule has 0 saturated heterocycles. The fraction of sp³-hybridized carbons (Fsp3) is 0.150. The minimum Gasteiger partial charge on any atom is -0.453 e. The van der Waals surface area contributed by atoms with E-state index in [1.54, 1.807) is 36.4 Å². The summed E-state index contributed by atoms with van der Waals surface area (Å²) in [7, 11) is 0. The molecule has 0 bridgehead atoms. The third kappa shape index (κ3) is 3.68. The van der Waals surface area contributed by atoms with Crippen LogP contribution < -0.4 is 0 Å². The third-order valence-corrected chi connectivity index (χ3v) is 4.28. The van der Waals surface area contributed by atoms with Crippen molar-refractivity contribution in [2.75, 3.05) is 6.61 Å². The Hall–Kier alpha value is -2.92. The monoisotopic (exact) mass is 368 g/mol.